The van der Waals surface area contributed by atoms with Gasteiger partial charge in [0.1, 0.15) is 0 Å². The topological polar surface area (TPSA) is 66.4 Å². The minimum absolute atomic E-state index is 0.0697. The van der Waals surface area contributed by atoms with Gasteiger partial charge in [-0.25, -0.2) is 13.1 Å². The van der Waals surface area contributed by atoms with Gasteiger partial charge < -0.3 is 5.11 Å². The Balaban J connectivity index is 1.88. The minimum Gasteiger partial charge on any atom is -0.391 e. The fraction of sp³-hybridized carbons (Fsp3) is 0.571. The molecule has 0 unspecified atom stereocenters. The zero-order valence-corrected chi connectivity index (χ0v) is 11.8. The molecule has 1 aromatic carbocycles. The summed E-state index contributed by atoms with van der Waals surface area (Å²) in [5.74, 6) is 0.0697. The van der Waals surface area contributed by atoms with E-state index in [1.165, 1.54) is 0 Å². The van der Waals surface area contributed by atoms with Crippen molar-refractivity contribution >= 4 is 10.0 Å². The minimum atomic E-state index is -3.32. The van der Waals surface area contributed by atoms with Crippen LogP contribution in [0.3, 0.4) is 0 Å². The Kier molecular flexibility index (Phi) is 4.96. The summed E-state index contributed by atoms with van der Waals surface area (Å²) in [6, 6.07) is 9.25. The van der Waals surface area contributed by atoms with Crippen molar-refractivity contribution in [3.63, 3.8) is 0 Å². The van der Waals surface area contributed by atoms with Crippen LogP contribution in [0.25, 0.3) is 0 Å². The van der Waals surface area contributed by atoms with E-state index in [1.807, 2.05) is 30.3 Å². The van der Waals surface area contributed by atoms with Gasteiger partial charge in [0, 0.05) is 6.04 Å². The normalized spacial score (nSPS) is 24.3. The second-order valence-electron chi connectivity index (χ2n) is 5.13. The smallest absolute Gasteiger partial charge is 0.212 e. The molecule has 4 nitrogen and oxygen atoms in total. The first-order valence-electron chi connectivity index (χ1n) is 6.79. The molecule has 0 radical (unpaired) electrons. The van der Waals surface area contributed by atoms with E-state index in [9.17, 15) is 13.5 Å². The molecular weight excluding hydrogens is 262 g/mol. The van der Waals surface area contributed by atoms with E-state index in [2.05, 4.69) is 4.72 Å². The van der Waals surface area contributed by atoms with Gasteiger partial charge in [0.25, 0.3) is 0 Å². The lowest BCUT2D eigenvalue weighted by Crippen LogP contribution is -2.45. The van der Waals surface area contributed by atoms with Crippen molar-refractivity contribution in [1.29, 1.82) is 0 Å². The first-order valence-corrected chi connectivity index (χ1v) is 8.44. The third-order valence-corrected chi connectivity index (χ3v) is 4.97. The number of aliphatic hydroxyl groups is 1. The van der Waals surface area contributed by atoms with Crippen LogP contribution in [-0.2, 0) is 16.4 Å². The molecule has 0 heterocycles. The molecule has 19 heavy (non-hydrogen) atoms. The Morgan fingerprint density at radius 1 is 1.16 bits per heavy atom. The number of hydrogen-bond acceptors (Lipinski definition) is 3. The number of aliphatic hydroxyl groups excluding tert-OH is 1. The lowest BCUT2D eigenvalue weighted by molar-refractivity contribution is 0.101. The van der Waals surface area contributed by atoms with Gasteiger partial charge in [0.05, 0.1) is 11.9 Å². The van der Waals surface area contributed by atoms with Crippen LogP contribution in [0, 0.1) is 0 Å². The third kappa shape index (κ3) is 4.60. The highest BCUT2D eigenvalue weighted by atomic mass is 32.2. The van der Waals surface area contributed by atoms with Crippen molar-refractivity contribution in [2.24, 2.45) is 0 Å². The summed E-state index contributed by atoms with van der Waals surface area (Å²) in [5, 5.41) is 9.79. The van der Waals surface area contributed by atoms with Crippen LogP contribution in [0.2, 0.25) is 0 Å². The summed E-state index contributed by atoms with van der Waals surface area (Å²) in [4.78, 5) is 0. The van der Waals surface area contributed by atoms with Crippen LogP contribution >= 0.6 is 0 Å². The molecule has 1 aliphatic carbocycles. The van der Waals surface area contributed by atoms with Crippen LogP contribution in [0.4, 0.5) is 0 Å². The van der Waals surface area contributed by atoms with Crippen LogP contribution in [0.1, 0.15) is 31.2 Å². The Labute approximate surface area is 114 Å². The summed E-state index contributed by atoms with van der Waals surface area (Å²) in [6.07, 6.45) is 3.32. The Morgan fingerprint density at radius 3 is 2.53 bits per heavy atom. The average molecular weight is 283 g/mol. The van der Waals surface area contributed by atoms with Crippen molar-refractivity contribution in [2.75, 3.05) is 5.75 Å². The molecule has 0 saturated heterocycles. The highest BCUT2D eigenvalue weighted by molar-refractivity contribution is 7.89. The van der Waals surface area contributed by atoms with Gasteiger partial charge in [-0.15, -0.1) is 0 Å². The van der Waals surface area contributed by atoms with Crippen molar-refractivity contribution in [3.05, 3.63) is 35.9 Å². The van der Waals surface area contributed by atoms with Crippen LogP contribution in [0.5, 0.6) is 0 Å². The standard InChI is InChI=1S/C14H21NO3S/c16-14-9-5-4-8-13(14)15-19(17,18)11-10-12-6-2-1-3-7-12/h1-3,6-7,13-16H,4-5,8-11H2/t13-,14-/m0/s1. The van der Waals surface area contributed by atoms with Crippen molar-refractivity contribution < 1.29 is 13.5 Å². The molecule has 0 aliphatic heterocycles. The Hall–Kier alpha value is -0.910. The summed E-state index contributed by atoms with van der Waals surface area (Å²) in [6.45, 7) is 0. The summed E-state index contributed by atoms with van der Waals surface area (Å²) >= 11 is 0. The third-order valence-electron chi connectivity index (χ3n) is 3.56. The summed E-state index contributed by atoms with van der Waals surface area (Å²) in [5.41, 5.74) is 1.01. The van der Waals surface area contributed by atoms with Crippen LogP contribution in [-0.4, -0.2) is 31.4 Å². The van der Waals surface area contributed by atoms with Gasteiger partial charge >= 0.3 is 0 Å². The summed E-state index contributed by atoms with van der Waals surface area (Å²) in [7, 11) is -3.32. The second-order valence-corrected chi connectivity index (χ2v) is 7.00. The molecule has 106 valence electrons. The van der Waals surface area contributed by atoms with Crippen molar-refractivity contribution in [3.8, 4) is 0 Å². The molecule has 0 spiro atoms. The zero-order chi connectivity index (χ0) is 13.7. The van der Waals surface area contributed by atoms with Crippen LogP contribution < -0.4 is 4.72 Å². The van der Waals surface area contributed by atoms with E-state index in [-0.39, 0.29) is 11.8 Å². The molecule has 5 heteroatoms. The van der Waals surface area contributed by atoms with Gasteiger partial charge in [-0.3, -0.25) is 0 Å². The molecule has 1 aromatic rings. The SMILES string of the molecule is O=S(=O)(CCc1ccccc1)N[C@H]1CCCC[C@@H]1O. The van der Waals surface area contributed by atoms with Gasteiger partial charge in [0.15, 0.2) is 0 Å². The van der Waals surface area contributed by atoms with E-state index in [1.54, 1.807) is 0 Å². The molecule has 0 amide bonds. The molecule has 1 aliphatic rings. The number of hydrogen-bond donors (Lipinski definition) is 2. The first-order chi connectivity index (χ1) is 9.07. The van der Waals surface area contributed by atoms with Gasteiger partial charge in [-0.1, -0.05) is 43.2 Å². The highest BCUT2D eigenvalue weighted by Crippen LogP contribution is 2.19. The molecule has 2 atom stereocenters. The maximum Gasteiger partial charge on any atom is 0.212 e. The number of benzene rings is 1. The first kappa shape index (κ1) is 14.5. The average Bonchev–Trinajstić information content (AvgIpc) is 2.40. The van der Waals surface area contributed by atoms with Crippen LogP contribution in [0.15, 0.2) is 30.3 Å². The van der Waals surface area contributed by atoms with E-state index in [0.717, 1.165) is 24.8 Å². The van der Waals surface area contributed by atoms with Gasteiger partial charge in [-0.2, -0.15) is 0 Å². The molecule has 1 saturated carbocycles. The zero-order valence-electron chi connectivity index (χ0n) is 11.0. The lowest BCUT2D eigenvalue weighted by atomic mass is 9.93. The largest absolute Gasteiger partial charge is 0.391 e. The van der Waals surface area contributed by atoms with E-state index < -0.39 is 16.1 Å². The Morgan fingerprint density at radius 2 is 1.84 bits per heavy atom. The molecule has 2 rings (SSSR count). The monoisotopic (exact) mass is 283 g/mol. The quantitative estimate of drug-likeness (QED) is 0.859. The number of sulfonamides is 1. The lowest BCUT2D eigenvalue weighted by Gasteiger charge is -2.28. The van der Waals surface area contributed by atoms with E-state index >= 15 is 0 Å². The fourth-order valence-electron chi connectivity index (χ4n) is 2.44. The predicted molar refractivity (Wildman–Crippen MR) is 75.3 cm³/mol. The number of aryl methyl sites for hydroxylation is 1. The van der Waals surface area contributed by atoms with Gasteiger partial charge in [-0.05, 0) is 24.8 Å². The number of rotatable bonds is 5. The van der Waals surface area contributed by atoms with Crippen molar-refractivity contribution in [2.45, 2.75) is 44.2 Å². The molecule has 0 bridgehead atoms. The maximum absolute atomic E-state index is 12.0. The fourth-order valence-corrected chi connectivity index (χ4v) is 3.79. The molecule has 0 aromatic heterocycles. The maximum atomic E-state index is 12.0. The second kappa shape index (κ2) is 6.50. The van der Waals surface area contributed by atoms with E-state index in [4.69, 9.17) is 0 Å². The highest BCUT2D eigenvalue weighted by Gasteiger charge is 2.26. The molecular formula is C14H21NO3S. The predicted octanol–water partition coefficient (Wildman–Crippen LogP) is 1.45. The number of nitrogens with one attached hydrogen (secondary N) is 1. The van der Waals surface area contributed by atoms with E-state index in [0.29, 0.717) is 12.8 Å². The Bertz CT molecular complexity index is 487. The molecule has 2 N–H and O–H groups in total. The van der Waals surface area contributed by atoms with Gasteiger partial charge in [0.2, 0.25) is 10.0 Å². The summed E-state index contributed by atoms with van der Waals surface area (Å²) < 4.78 is 26.6. The molecule has 1 fully saturated rings. The van der Waals surface area contributed by atoms with Crippen molar-refractivity contribution in [1.82, 2.24) is 4.72 Å².